The quantitative estimate of drug-likeness (QED) is 0.495. The van der Waals surface area contributed by atoms with Crippen molar-refractivity contribution in [3.63, 3.8) is 0 Å². The molecule has 1 atom stereocenters. The lowest BCUT2D eigenvalue weighted by atomic mass is 10.2. The summed E-state index contributed by atoms with van der Waals surface area (Å²) in [6.07, 6.45) is 3.64. The summed E-state index contributed by atoms with van der Waals surface area (Å²) in [5.41, 5.74) is 0. The number of hydrogen-bond donors (Lipinski definition) is 2. The second kappa shape index (κ2) is 7.85. The average Bonchev–Trinajstić information content (AvgIpc) is 2.07. The standard InChI is InChI=1S/C9H20NO4P/c1-9(11)10-7-5-3-4-6-8-14-15(2,12)13/h3-8H2,1-2H3,(H,10,11)(H,12,13). The van der Waals surface area contributed by atoms with E-state index in [0.29, 0.717) is 13.2 Å². The van der Waals surface area contributed by atoms with Crippen LogP contribution in [0.5, 0.6) is 0 Å². The minimum atomic E-state index is -3.30. The number of amides is 1. The molecule has 0 saturated heterocycles. The highest BCUT2D eigenvalue weighted by Crippen LogP contribution is 2.36. The van der Waals surface area contributed by atoms with Crippen LogP contribution >= 0.6 is 7.60 Å². The minimum Gasteiger partial charge on any atom is -0.356 e. The van der Waals surface area contributed by atoms with E-state index in [9.17, 15) is 9.36 Å². The van der Waals surface area contributed by atoms with Crippen LogP contribution in [0, 0.1) is 0 Å². The molecule has 5 nitrogen and oxygen atoms in total. The van der Waals surface area contributed by atoms with Gasteiger partial charge in [-0.05, 0) is 12.8 Å². The highest BCUT2D eigenvalue weighted by Gasteiger charge is 2.08. The second-order valence-corrected chi connectivity index (χ2v) is 5.40. The molecule has 0 aliphatic rings. The maximum Gasteiger partial charge on any atom is 0.325 e. The molecule has 0 fully saturated rings. The van der Waals surface area contributed by atoms with E-state index in [2.05, 4.69) is 5.32 Å². The molecule has 1 unspecified atom stereocenters. The van der Waals surface area contributed by atoms with Crippen LogP contribution < -0.4 is 5.32 Å². The van der Waals surface area contributed by atoms with Gasteiger partial charge in [-0.1, -0.05) is 12.8 Å². The van der Waals surface area contributed by atoms with Crippen molar-refractivity contribution >= 4 is 13.5 Å². The molecule has 0 aromatic carbocycles. The van der Waals surface area contributed by atoms with Crippen molar-refractivity contribution in [1.82, 2.24) is 5.32 Å². The third kappa shape index (κ3) is 13.6. The van der Waals surface area contributed by atoms with E-state index < -0.39 is 7.60 Å². The second-order valence-electron chi connectivity index (χ2n) is 3.53. The zero-order chi connectivity index (χ0) is 11.7. The SMILES string of the molecule is CC(=O)NCCCCCCOP(C)(=O)O. The number of carbonyl (C=O) groups excluding carboxylic acids is 1. The Kier molecular flexibility index (Phi) is 7.65. The monoisotopic (exact) mass is 237 g/mol. The van der Waals surface area contributed by atoms with E-state index in [4.69, 9.17) is 9.42 Å². The highest BCUT2D eigenvalue weighted by molar-refractivity contribution is 7.51. The van der Waals surface area contributed by atoms with Crippen LogP contribution in [-0.4, -0.2) is 30.6 Å². The Morgan fingerprint density at radius 3 is 2.47 bits per heavy atom. The molecule has 2 N–H and O–H groups in total. The average molecular weight is 237 g/mol. The molecule has 0 rings (SSSR count). The fraction of sp³-hybridized carbons (Fsp3) is 0.889. The first-order valence-electron chi connectivity index (χ1n) is 5.11. The maximum absolute atomic E-state index is 10.7. The lowest BCUT2D eigenvalue weighted by molar-refractivity contribution is -0.118. The molecule has 0 aliphatic heterocycles. The summed E-state index contributed by atoms with van der Waals surface area (Å²) in [5.74, 6) is -0.00876. The van der Waals surface area contributed by atoms with Crippen molar-refractivity contribution in [2.75, 3.05) is 19.8 Å². The van der Waals surface area contributed by atoms with Crippen LogP contribution in [0.1, 0.15) is 32.6 Å². The number of nitrogens with one attached hydrogen (secondary N) is 1. The topological polar surface area (TPSA) is 75.6 Å². The molecule has 0 aromatic heterocycles. The van der Waals surface area contributed by atoms with Crippen LogP contribution in [0.3, 0.4) is 0 Å². The van der Waals surface area contributed by atoms with E-state index in [0.717, 1.165) is 25.7 Å². The smallest absolute Gasteiger partial charge is 0.325 e. The van der Waals surface area contributed by atoms with Gasteiger partial charge >= 0.3 is 7.60 Å². The molecule has 15 heavy (non-hydrogen) atoms. The van der Waals surface area contributed by atoms with Gasteiger partial charge in [0.05, 0.1) is 6.61 Å². The molecule has 6 heteroatoms. The molecule has 0 radical (unpaired) electrons. The first-order valence-corrected chi connectivity index (χ1v) is 7.13. The Morgan fingerprint density at radius 1 is 1.33 bits per heavy atom. The molecule has 0 aromatic rings. The van der Waals surface area contributed by atoms with E-state index >= 15 is 0 Å². The molecule has 0 bridgehead atoms. The number of unbranched alkanes of at least 4 members (excludes halogenated alkanes) is 3. The Labute approximate surface area is 90.7 Å². The zero-order valence-electron chi connectivity index (χ0n) is 9.36. The van der Waals surface area contributed by atoms with Crippen molar-refractivity contribution in [3.05, 3.63) is 0 Å². The number of carbonyl (C=O) groups is 1. The van der Waals surface area contributed by atoms with E-state index in [1.165, 1.54) is 13.6 Å². The van der Waals surface area contributed by atoms with Crippen molar-refractivity contribution in [2.45, 2.75) is 32.6 Å². The lowest BCUT2D eigenvalue weighted by Crippen LogP contribution is -2.20. The van der Waals surface area contributed by atoms with Gasteiger partial charge in [0.15, 0.2) is 0 Å². The van der Waals surface area contributed by atoms with Crippen LogP contribution in [0.4, 0.5) is 0 Å². The first kappa shape index (κ1) is 14.6. The summed E-state index contributed by atoms with van der Waals surface area (Å²) in [5, 5.41) is 2.71. The van der Waals surface area contributed by atoms with Gasteiger partial charge in [0, 0.05) is 20.1 Å². The summed E-state index contributed by atoms with van der Waals surface area (Å²) in [6, 6.07) is 0. The van der Waals surface area contributed by atoms with E-state index in [1.807, 2.05) is 0 Å². The van der Waals surface area contributed by atoms with E-state index in [1.54, 1.807) is 0 Å². The number of hydrogen-bond acceptors (Lipinski definition) is 3. The summed E-state index contributed by atoms with van der Waals surface area (Å²) in [6.45, 7) is 3.70. The summed E-state index contributed by atoms with van der Waals surface area (Å²) >= 11 is 0. The third-order valence-corrected chi connectivity index (χ3v) is 2.44. The molecule has 0 spiro atoms. The first-order chi connectivity index (χ1) is 6.92. The zero-order valence-corrected chi connectivity index (χ0v) is 10.3. The molecular formula is C9H20NO4P. The number of rotatable bonds is 8. The Balaban J connectivity index is 3.12. The third-order valence-electron chi connectivity index (χ3n) is 1.78. The van der Waals surface area contributed by atoms with Crippen LogP contribution in [-0.2, 0) is 13.9 Å². The summed E-state index contributed by atoms with van der Waals surface area (Å²) < 4.78 is 15.4. The van der Waals surface area contributed by atoms with Crippen molar-refractivity contribution < 1.29 is 18.8 Å². The van der Waals surface area contributed by atoms with Crippen molar-refractivity contribution in [1.29, 1.82) is 0 Å². The Bertz CT molecular complexity index is 226. The minimum absolute atomic E-state index is 0.00876. The molecule has 0 aliphatic carbocycles. The van der Waals surface area contributed by atoms with Gasteiger partial charge in [-0.15, -0.1) is 0 Å². The van der Waals surface area contributed by atoms with Gasteiger partial charge in [0.1, 0.15) is 0 Å². The molecular weight excluding hydrogens is 217 g/mol. The van der Waals surface area contributed by atoms with Crippen molar-refractivity contribution in [3.8, 4) is 0 Å². The van der Waals surface area contributed by atoms with Crippen molar-refractivity contribution in [2.24, 2.45) is 0 Å². The van der Waals surface area contributed by atoms with Crippen LogP contribution in [0.15, 0.2) is 0 Å². The molecule has 90 valence electrons. The normalized spacial score (nSPS) is 14.6. The van der Waals surface area contributed by atoms with Gasteiger partial charge < -0.3 is 14.7 Å². The van der Waals surface area contributed by atoms with Gasteiger partial charge in [0.2, 0.25) is 5.91 Å². The Hall–Kier alpha value is -0.380. The van der Waals surface area contributed by atoms with Crippen LogP contribution in [0.25, 0.3) is 0 Å². The summed E-state index contributed by atoms with van der Waals surface area (Å²) in [7, 11) is -3.30. The fourth-order valence-corrected chi connectivity index (χ4v) is 1.55. The summed E-state index contributed by atoms with van der Waals surface area (Å²) in [4.78, 5) is 19.3. The molecule has 1 amide bonds. The maximum atomic E-state index is 10.7. The molecule has 0 heterocycles. The van der Waals surface area contributed by atoms with Gasteiger partial charge in [0.25, 0.3) is 0 Å². The highest BCUT2D eigenvalue weighted by atomic mass is 31.2. The van der Waals surface area contributed by atoms with E-state index in [-0.39, 0.29) is 5.91 Å². The van der Waals surface area contributed by atoms with Gasteiger partial charge in [-0.25, -0.2) is 0 Å². The lowest BCUT2D eigenvalue weighted by Gasteiger charge is -2.06. The predicted molar refractivity (Wildman–Crippen MR) is 58.9 cm³/mol. The van der Waals surface area contributed by atoms with Crippen LogP contribution in [0.2, 0.25) is 0 Å². The largest absolute Gasteiger partial charge is 0.356 e. The predicted octanol–water partition coefficient (Wildman–Crippen LogP) is 1.51. The molecule has 0 saturated carbocycles. The fourth-order valence-electron chi connectivity index (χ4n) is 1.08. The van der Waals surface area contributed by atoms with Gasteiger partial charge in [-0.2, -0.15) is 0 Å². The Morgan fingerprint density at radius 2 is 1.93 bits per heavy atom. The van der Waals surface area contributed by atoms with Gasteiger partial charge in [-0.3, -0.25) is 9.36 Å².